The van der Waals surface area contributed by atoms with Crippen molar-refractivity contribution in [2.45, 2.75) is 12.2 Å². The van der Waals surface area contributed by atoms with Crippen molar-refractivity contribution in [3.05, 3.63) is 90.0 Å². The van der Waals surface area contributed by atoms with E-state index in [1.54, 1.807) is 6.20 Å². The third-order valence-corrected chi connectivity index (χ3v) is 4.62. The highest BCUT2D eigenvalue weighted by Gasteiger charge is 2.34. The van der Waals surface area contributed by atoms with Crippen LogP contribution in [0.15, 0.2) is 72.9 Å². The molecule has 4 rings (SSSR count). The van der Waals surface area contributed by atoms with Crippen LogP contribution in [-0.2, 0) is 11.0 Å². The topological polar surface area (TPSA) is 82.7 Å². The number of hydrogen-bond donors (Lipinski definition) is 3. The summed E-state index contributed by atoms with van der Waals surface area (Å²) < 4.78 is 38.4. The number of aromatic nitrogens is 3. The van der Waals surface area contributed by atoms with Crippen molar-refractivity contribution in [2.24, 2.45) is 0 Å². The fourth-order valence-corrected chi connectivity index (χ4v) is 3.21. The highest BCUT2D eigenvalue weighted by Crippen LogP contribution is 2.29. The molecule has 4 aromatic rings. The molecule has 2 aromatic heterocycles. The summed E-state index contributed by atoms with van der Waals surface area (Å²) in [5.41, 5.74) is 2.44. The minimum Gasteiger partial charge on any atom is -0.334 e. The number of amides is 1. The maximum absolute atomic E-state index is 12.8. The number of hydrogen-bond acceptors (Lipinski definition) is 4. The SMILES string of the molecule is O=C(CNC(c1ccccc1)c1ccccn1)Nc1ccc2nc(C(F)(F)F)[nH]c2c1. The fraction of sp³-hybridized carbons (Fsp3) is 0.136. The van der Waals surface area contributed by atoms with Crippen LogP contribution in [0.4, 0.5) is 18.9 Å². The van der Waals surface area contributed by atoms with Gasteiger partial charge in [-0.25, -0.2) is 4.98 Å². The number of aromatic amines is 1. The summed E-state index contributed by atoms with van der Waals surface area (Å²) in [6.07, 6.45) is -2.88. The van der Waals surface area contributed by atoms with Gasteiger partial charge in [-0.1, -0.05) is 36.4 Å². The monoisotopic (exact) mass is 425 g/mol. The molecule has 0 aliphatic rings. The number of alkyl halides is 3. The Bertz CT molecular complexity index is 1140. The first-order valence-corrected chi connectivity index (χ1v) is 9.46. The standard InChI is InChI=1S/C22H18F3N5O/c23-22(24,25)21-29-16-10-9-15(12-18(16)30-21)28-19(31)13-27-20(14-6-2-1-3-7-14)17-8-4-5-11-26-17/h1-12,20,27H,13H2,(H,28,31)(H,29,30). The number of benzene rings is 2. The van der Waals surface area contributed by atoms with E-state index in [0.29, 0.717) is 5.69 Å². The van der Waals surface area contributed by atoms with Crippen LogP contribution in [0.2, 0.25) is 0 Å². The Kier molecular flexibility index (Phi) is 5.68. The van der Waals surface area contributed by atoms with Gasteiger partial charge in [0.05, 0.1) is 29.3 Å². The summed E-state index contributed by atoms with van der Waals surface area (Å²) in [6, 6.07) is 19.2. The first-order chi connectivity index (χ1) is 14.9. The molecule has 2 heterocycles. The zero-order chi connectivity index (χ0) is 21.8. The van der Waals surface area contributed by atoms with Gasteiger partial charge in [0.25, 0.3) is 0 Å². The average Bonchev–Trinajstić information content (AvgIpc) is 3.19. The Morgan fingerprint density at radius 2 is 1.81 bits per heavy atom. The quantitative estimate of drug-likeness (QED) is 0.430. The predicted molar refractivity (Wildman–Crippen MR) is 110 cm³/mol. The number of H-pyrrole nitrogens is 1. The molecule has 3 N–H and O–H groups in total. The number of fused-ring (bicyclic) bond motifs is 1. The Morgan fingerprint density at radius 1 is 1.03 bits per heavy atom. The van der Waals surface area contributed by atoms with E-state index in [1.807, 2.05) is 48.5 Å². The fourth-order valence-electron chi connectivity index (χ4n) is 3.21. The minimum absolute atomic E-state index is 0.0229. The van der Waals surface area contributed by atoms with Gasteiger partial charge in [-0.05, 0) is 35.9 Å². The summed E-state index contributed by atoms with van der Waals surface area (Å²) >= 11 is 0. The maximum atomic E-state index is 12.8. The molecule has 9 heteroatoms. The second-order valence-electron chi connectivity index (χ2n) is 6.84. The molecule has 1 amide bonds. The molecule has 1 atom stereocenters. The molecular formula is C22H18F3N5O. The first kappa shape index (κ1) is 20.5. The number of halogens is 3. The van der Waals surface area contributed by atoms with E-state index in [9.17, 15) is 18.0 Å². The van der Waals surface area contributed by atoms with Crippen molar-refractivity contribution in [1.29, 1.82) is 0 Å². The number of imidazole rings is 1. The van der Waals surface area contributed by atoms with Crippen LogP contribution >= 0.6 is 0 Å². The lowest BCUT2D eigenvalue weighted by Gasteiger charge is -2.18. The molecule has 0 aliphatic heterocycles. The zero-order valence-corrected chi connectivity index (χ0v) is 16.1. The molecule has 1 unspecified atom stereocenters. The number of nitrogens with zero attached hydrogens (tertiary/aromatic N) is 2. The zero-order valence-electron chi connectivity index (χ0n) is 16.1. The van der Waals surface area contributed by atoms with Crippen molar-refractivity contribution < 1.29 is 18.0 Å². The van der Waals surface area contributed by atoms with Gasteiger partial charge >= 0.3 is 6.18 Å². The molecule has 0 radical (unpaired) electrons. The van der Waals surface area contributed by atoms with Crippen molar-refractivity contribution in [2.75, 3.05) is 11.9 Å². The Balaban J connectivity index is 1.46. The average molecular weight is 425 g/mol. The van der Waals surface area contributed by atoms with E-state index in [-0.39, 0.29) is 29.5 Å². The Morgan fingerprint density at radius 3 is 2.52 bits per heavy atom. The first-order valence-electron chi connectivity index (χ1n) is 9.46. The third kappa shape index (κ3) is 4.89. The molecular weight excluding hydrogens is 407 g/mol. The highest BCUT2D eigenvalue weighted by molar-refractivity contribution is 5.94. The van der Waals surface area contributed by atoms with E-state index >= 15 is 0 Å². The number of anilines is 1. The van der Waals surface area contributed by atoms with Gasteiger partial charge in [0.2, 0.25) is 11.7 Å². The van der Waals surface area contributed by atoms with E-state index < -0.39 is 12.0 Å². The van der Waals surface area contributed by atoms with Crippen LogP contribution in [0.1, 0.15) is 23.1 Å². The van der Waals surface area contributed by atoms with Crippen LogP contribution in [0, 0.1) is 0 Å². The van der Waals surface area contributed by atoms with Gasteiger partial charge in [0.15, 0.2) is 0 Å². The van der Waals surface area contributed by atoms with Gasteiger partial charge in [-0.2, -0.15) is 13.2 Å². The Hall–Kier alpha value is -3.72. The number of pyridine rings is 1. The molecule has 158 valence electrons. The smallest absolute Gasteiger partial charge is 0.334 e. The summed E-state index contributed by atoms with van der Waals surface area (Å²) in [6.45, 7) is -0.0229. The second-order valence-corrected chi connectivity index (χ2v) is 6.84. The van der Waals surface area contributed by atoms with Crippen LogP contribution in [-0.4, -0.2) is 27.4 Å². The third-order valence-electron chi connectivity index (χ3n) is 4.62. The van der Waals surface area contributed by atoms with Crippen LogP contribution < -0.4 is 10.6 Å². The second kappa shape index (κ2) is 8.57. The maximum Gasteiger partial charge on any atom is 0.449 e. The number of nitrogens with one attached hydrogen (secondary N) is 3. The summed E-state index contributed by atoms with van der Waals surface area (Å²) in [7, 11) is 0. The number of carbonyl (C=O) groups excluding carboxylic acids is 1. The van der Waals surface area contributed by atoms with E-state index in [0.717, 1.165) is 11.3 Å². The molecule has 0 fully saturated rings. The molecule has 0 aliphatic carbocycles. The van der Waals surface area contributed by atoms with Gasteiger partial charge < -0.3 is 10.3 Å². The number of carbonyl (C=O) groups is 1. The van der Waals surface area contributed by atoms with E-state index in [2.05, 4.69) is 25.6 Å². The van der Waals surface area contributed by atoms with E-state index in [4.69, 9.17) is 0 Å². The lowest BCUT2D eigenvalue weighted by atomic mass is 10.0. The molecule has 6 nitrogen and oxygen atoms in total. The van der Waals surface area contributed by atoms with Gasteiger partial charge in [-0.3, -0.25) is 15.1 Å². The van der Waals surface area contributed by atoms with E-state index in [1.165, 1.54) is 18.2 Å². The van der Waals surface area contributed by atoms with Crippen LogP contribution in [0.25, 0.3) is 11.0 Å². The van der Waals surface area contributed by atoms with Crippen LogP contribution in [0.5, 0.6) is 0 Å². The molecule has 2 aromatic carbocycles. The highest BCUT2D eigenvalue weighted by atomic mass is 19.4. The predicted octanol–water partition coefficient (Wildman–Crippen LogP) is 4.29. The molecule has 31 heavy (non-hydrogen) atoms. The van der Waals surface area contributed by atoms with Crippen molar-refractivity contribution in [3.63, 3.8) is 0 Å². The molecule has 0 spiro atoms. The Labute approximate surface area is 175 Å². The largest absolute Gasteiger partial charge is 0.449 e. The summed E-state index contributed by atoms with van der Waals surface area (Å²) in [5.74, 6) is -1.42. The lowest BCUT2D eigenvalue weighted by molar-refractivity contribution is -0.144. The van der Waals surface area contributed by atoms with Gasteiger partial charge in [0, 0.05) is 11.9 Å². The van der Waals surface area contributed by atoms with Gasteiger partial charge in [0.1, 0.15) is 0 Å². The lowest BCUT2D eigenvalue weighted by Crippen LogP contribution is -2.32. The molecule has 0 saturated carbocycles. The normalized spacial score (nSPS) is 12.6. The van der Waals surface area contributed by atoms with Crippen molar-refractivity contribution >= 4 is 22.6 Å². The molecule has 0 bridgehead atoms. The van der Waals surface area contributed by atoms with Gasteiger partial charge in [-0.15, -0.1) is 0 Å². The van der Waals surface area contributed by atoms with Crippen molar-refractivity contribution in [1.82, 2.24) is 20.3 Å². The summed E-state index contributed by atoms with van der Waals surface area (Å²) in [4.78, 5) is 22.6. The number of rotatable bonds is 6. The molecule has 0 saturated heterocycles. The van der Waals surface area contributed by atoms with Crippen LogP contribution in [0.3, 0.4) is 0 Å². The minimum atomic E-state index is -4.57. The van der Waals surface area contributed by atoms with Crippen molar-refractivity contribution in [3.8, 4) is 0 Å². The summed E-state index contributed by atoms with van der Waals surface area (Å²) in [5, 5.41) is 5.88.